The first-order chi connectivity index (χ1) is 13.2. The number of ether oxygens (including phenoxy) is 2. The number of carbonyl (C=O) groups is 1. The van der Waals surface area contributed by atoms with Crippen LogP contribution in [0.1, 0.15) is 24.4 Å². The van der Waals surface area contributed by atoms with Crippen LogP contribution in [0.3, 0.4) is 0 Å². The van der Waals surface area contributed by atoms with E-state index in [2.05, 4.69) is 10.2 Å². The van der Waals surface area contributed by atoms with E-state index in [4.69, 9.17) is 21.1 Å². The number of nitrogens with one attached hydrogen (secondary N) is 1. The number of benzene rings is 2. The molecule has 0 spiro atoms. The van der Waals surface area contributed by atoms with E-state index in [1.54, 1.807) is 31.4 Å². The molecule has 6 heteroatoms. The third-order valence-corrected chi connectivity index (χ3v) is 5.11. The van der Waals surface area contributed by atoms with Crippen LogP contribution < -0.4 is 14.8 Å². The van der Waals surface area contributed by atoms with Crippen LogP contribution in [0.25, 0.3) is 0 Å². The van der Waals surface area contributed by atoms with Crippen LogP contribution in [0.2, 0.25) is 5.02 Å². The van der Waals surface area contributed by atoms with Crippen LogP contribution in [0.5, 0.6) is 11.5 Å². The highest BCUT2D eigenvalue weighted by molar-refractivity contribution is 6.31. The summed E-state index contributed by atoms with van der Waals surface area (Å²) in [4.78, 5) is 14.6. The Bertz CT molecular complexity index is 745. The second-order valence-corrected chi connectivity index (χ2v) is 6.96. The van der Waals surface area contributed by atoms with E-state index in [9.17, 15) is 4.79 Å². The number of rotatable bonds is 8. The lowest BCUT2D eigenvalue weighted by Gasteiger charge is -2.29. The molecule has 1 aliphatic rings. The molecule has 0 saturated carbocycles. The number of amides is 1. The first-order valence-electron chi connectivity index (χ1n) is 9.19. The first-order valence-corrected chi connectivity index (χ1v) is 9.57. The van der Waals surface area contributed by atoms with E-state index in [1.807, 2.05) is 24.3 Å². The molecule has 0 aromatic heterocycles. The van der Waals surface area contributed by atoms with Gasteiger partial charge in [0.15, 0.2) is 6.61 Å². The molecule has 0 radical (unpaired) electrons. The van der Waals surface area contributed by atoms with Crippen molar-refractivity contribution >= 4 is 17.5 Å². The van der Waals surface area contributed by atoms with Crippen molar-refractivity contribution in [3.8, 4) is 11.5 Å². The number of carbonyl (C=O) groups excluding carboxylic acids is 1. The minimum Gasteiger partial charge on any atom is -0.497 e. The SMILES string of the molecule is COc1ccc(OCC(=O)NCC(c2ccccc2Cl)N2CCCC2)cc1. The number of hydrogen-bond acceptors (Lipinski definition) is 4. The zero-order valence-electron chi connectivity index (χ0n) is 15.5. The zero-order chi connectivity index (χ0) is 19.1. The normalized spacial score (nSPS) is 15.3. The van der Waals surface area contributed by atoms with Crippen molar-refractivity contribution in [1.29, 1.82) is 0 Å². The lowest BCUT2D eigenvalue weighted by molar-refractivity contribution is -0.123. The maximum atomic E-state index is 12.3. The number of methoxy groups -OCH3 is 1. The Morgan fingerprint density at radius 1 is 1.11 bits per heavy atom. The van der Waals surface area contributed by atoms with Gasteiger partial charge in [-0.2, -0.15) is 0 Å². The number of halogens is 1. The maximum absolute atomic E-state index is 12.3. The van der Waals surface area contributed by atoms with Crippen LogP contribution in [-0.2, 0) is 4.79 Å². The molecule has 1 N–H and O–H groups in total. The van der Waals surface area contributed by atoms with Crippen molar-refractivity contribution < 1.29 is 14.3 Å². The predicted octanol–water partition coefficient (Wildman–Crippen LogP) is 3.68. The quantitative estimate of drug-likeness (QED) is 0.749. The van der Waals surface area contributed by atoms with E-state index < -0.39 is 0 Å². The molecule has 5 nitrogen and oxygen atoms in total. The summed E-state index contributed by atoms with van der Waals surface area (Å²) in [5.41, 5.74) is 1.05. The van der Waals surface area contributed by atoms with Crippen molar-refractivity contribution in [2.24, 2.45) is 0 Å². The Balaban J connectivity index is 1.56. The van der Waals surface area contributed by atoms with Gasteiger partial charge >= 0.3 is 0 Å². The van der Waals surface area contributed by atoms with Gasteiger partial charge in [-0.15, -0.1) is 0 Å². The molecule has 0 aliphatic carbocycles. The van der Waals surface area contributed by atoms with Gasteiger partial charge in [-0.05, 0) is 61.8 Å². The molecular formula is C21H25ClN2O3. The summed E-state index contributed by atoms with van der Waals surface area (Å²) < 4.78 is 10.7. The standard InChI is InChI=1S/C21H25ClN2O3/c1-26-16-8-10-17(11-9-16)27-15-21(25)23-14-20(24-12-4-5-13-24)18-6-2-3-7-19(18)22/h2-3,6-11,20H,4-5,12-15H2,1H3,(H,23,25). The molecule has 2 aromatic rings. The Morgan fingerprint density at radius 2 is 1.78 bits per heavy atom. The van der Waals surface area contributed by atoms with Crippen molar-refractivity contribution in [1.82, 2.24) is 10.2 Å². The molecule has 1 heterocycles. The van der Waals surface area contributed by atoms with Crippen LogP contribution in [0, 0.1) is 0 Å². The molecule has 1 amide bonds. The highest BCUT2D eigenvalue weighted by atomic mass is 35.5. The Morgan fingerprint density at radius 3 is 2.44 bits per heavy atom. The van der Waals surface area contributed by atoms with Crippen molar-refractivity contribution in [3.05, 3.63) is 59.1 Å². The molecule has 144 valence electrons. The summed E-state index contributed by atoms with van der Waals surface area (Å²) in [7, 11) is 1.61. The lowest BCUT2D eigenvalue weighted by Crippen LogP contribution is -2.38. The summed E-state index contributed by atoms with van der Waals surface area (Å²) >= 11 is 6.40. The molecular weight excluding hydrogens is 364 g/mol. The highest BCUT2D eigenvalue weighted by Crippen LogP contribution is 2.29. The summed E-state index contributed by atoms with van der Waals surface area (Å²) in [6.07, 6.45) is 2.35. The smallest absolute Gasteiger partial charge is 0.258 e. The summed E-state index contributed by atoms with van der Waals surface area (Å²) in [6.45, 7) is 2.53. The van der Waals surface area contributed by atoms with Crippen molar-refractivity contribution in [2.45, 2.75) is 18.9 Å². The summed E-state index contributed by atoms with van der Waals surface area (Å²) in [5, 5.41) is 3.72. The number of nitrogens with zero attached hydrogens (tertiary/aromatic N) is 1. The van der Waals surface area contributed by atoms with E-state index in [1.165, 1.54) is 12.8 Å². The second kappa shape index (κ2) is 9.62. The predicted molar refractivity (Wildman–Crippen MR) is 106 cm³/mol. The van der Waals surface area contributed by atoms with E-state index in [-0.39, 0.29) is 18.6 Å². The van der Waals surface area contributed by atoms with Gasteiger partial charge in [0.2, 0.25) is 0 Å². The van der Waals surface area contributed by atoms with Gasteiger partial charge in [0, 0.05) is 11.6 Å². The maximum Gasteiger partial charge on any atom is 0.258 e. The minimum atomic E-state index is -0.151. The largest absolute Gasteiger partial charge is 0.497 e. The third kappa shape index (κ3) is 5.37. The topological polar surface area (TPSA) is 50.8 Å². The number of hydrogen-bond donors (Lipinski definition) is 1. The van der Waals surface area contributed by atoms with Crippen molar-refractivity contribution in [3.63, 3.8) is 0 Å². The second-order valence-electron chi connectivity index (χ2n) is 6.55. The molecule has 1 aliphatic heterocycles. The third-order valence-electron chi connectivity index (χ3n) is 4.77. The molecule has 27 heavy (non-hydrogen) atoms. The molecule has 1 fully saturated rings. The molecule has 0 bridgehead atoms. The van der Waals surface area contributed by atoms with Crippen LogP contribution in [0.15, 0.2) is 48.5 Å². The number of likely N-dealkylation sites (tertiary alicyclic amines) is 1. The van der Waals surface area contributed by atoms with E-state index in [0.717, 1.165) is 29.4 Å². The average molecular weight is 389 g/mol. The van der Waals surface area contributed by atoms with Gasteiger partial charge in [-0.1, -0.05) is 29.8 Å². The Labute approximate surface area is 165 Å². The monoisotopic (exact) mass is 388 g/mol. The zero-order valence-corrected chi connectivity index (χ0v) is 16.2. The lowest BCUT2D eigenvalue weighted by atomic mass is 10.1. The Hall–Kier alpha value is -2.24. The average Bonchev–Trinajstić information content (AvgIpc) is 3.23. The Kier molecular flexibility index (Phi) is 6.96. The highest BCUT2D eigenvalue weighted by Gasteiger charge is 2.25. The van der Waals surface area contributed by atoms with Gasteiger partial charge in [0.1, 0.15) is 11.5 Å². The van der Waals surface area contributed by atoms with E-state index >= 15 is 0 Å². The van der Waals surface area contributed by atoms with Crippen LogP contribution >= 0.6 is 11.6 Å². The van der Waals surface area contributed by atoms with Gasteiger partial charge in [-0.3, -0.25) is 9.69 Å². The molecule has 1 atom stereocenters. The summed E-state index contributed by atoms with van der Waals surface area (Å²) in [6, 6.07) is 15.1. The summed E-state index contributed by atoms with van der Waals surface area (Å²) in [5.74, 6) is 1.23. The fraction of sp³-hybridized carbons (Fsp3) is 0.381. The minimum absolute atomic E-state index is 0.0262. The first kappa shape index (κ1) is 19.5. The van der Waals surface area contributed by atoms with Crippen LogP contribution in [-0.4, -0.2) is 44.2 Å². The molecule has 2 aromatic carbocycles. The fourth-order valence-electron chi connectivity index (χ4n) is 3.32. The molecule has 1 unspecified atom stereocenters. The van der Waals surface area contributed by atoms with Gasteiger partial charge in [-0.25, -0.2) is 0 Å². The van der Waals surface area contributed by atoms with Gasteiger partial charge in [0.05, 0.1) is 13.2 Å². The fourth-order valence-corrected chi connectivity index (χ4v) is 3.58. The van der Waals surface area contributed by atoms with Crippen molar-refractivity contribution in [2.75, 3.05) is 33.4 Å². The molecule has 3 rings (SSSR count). The molecule has 1 saturated heterocycles. The van der Waals surface area contributed by atoms with Gasteiger partial charge in [0.25, 0.3) is 5.91 Å². The van der Waals surface area contributed by atoms with Crippen LogP contribution in [0.4, 0.5) is 0 Å². The van der Waals surface area contributed by atoms with Gasteiger partial charge < -0.3 is 14.8 Å². The van der Waals surface area contributed by atoms with E-state index in [0.29, 0.717) is 12.3 Å².